The van der Waals surface area contributed by atoms with Crippen LogP contribution in [0.2, 0.25) is 5.15 Å². The Kier molecular flexibility index (Phi) is 9.61. The minimum absolute atomic E-state index is 0. The summed E-state index contributed by atoms with van der Waals surface area (Å²) in [4.78, 5) is 33.9. The number of aliphatic imine (C=N–C) groups is 1. The number of benzene rings is 1. The molecule has 1 heterocycles. The Morgan fingerprint density at radius 2 is 1.74 bits per heavy atom. The number of aryl methyl sites for hydroxylation is 1. The zero-order valence-corrected chi connectivity index (χ0v) is 23.8. The lowest BCUT2D eigenvalue weighted by Crippen LogP contribution is -2.54. The number of amides is 2. The van der Waals surface area contributed by atoms with Crippen molar-refractivity contribution in [2.45, 2.75) is 71.1 Å². The van der Waals surface area contributed by atoms with Gasteiger partial charge in [0.2, 0.25) is 5.91 Å². The fourth-order valence-electron chi connectivity index (χ4n) is 5.93. The van der Waals surface area contributed by atoms with E-state index in [-0.39, 0.29) is 51.6 Å². The molecule has 2 amide bonds. The van der Waals surface area contributed by atoms with Crippen LogP contribution in [0.15, 0.2) is 23.2 Å². The topological polar surface area (TPSA) is 202 Å². The van der Waals surface area contributed by atoms with Crippen LogP contribution in [0.25, 0.3) is 0 Å². The first kappa shape index (κ1) is 31.1. The second kappa shape index (κ2) is 11.7. The number of hydrogen-bond acceptors (Lipinski definition) is 6. The zero-order valence-electron chi connectivity index (χ0n) is 22.3. The van der Waals surface area contributed by atoms with Gasteiger partial charge in [-0.1, -0.05) is 63.9 Å². The molecule has 4 rings (SSSR count). The number of hydrogen-bond donors (Lipinski definition) is 5. The summed E-state index contributed by atoms with van der Waals surface area (Å²) < 4.78 is 0. The monoisotopic (exact) mass is 564 g/mol. The Morgan fingerprint density at radius 3 is 2.32 bits per heavy atom. The summed E-state index contributed by atoms with van der Waals surface area (Å²) in [6.07, 6.45) is 5.39. The number of anilines is 2. The van der Waals surface area contributed by atoms with Gasteiger partial charge in [-0.25, -0.2) is 9.97 Å². The molecule has 208 valence electrons. The van der Waals surface area contributed by atoms with E-state index >= 15 is 0 Å². The summed E-state index contributed by atoms with van der Waals surface area (Å²) >= 11 is 5.55. The summed E-state index contributed by atoms with van der Waals surface area (Å²) in [5, 5.41) is -0.140. The van der Waals surface area contributed by atoms with Crippen LogP contribution < -0.4 is 28.7 Å². The van der Waals surface area contributed by atoms with Gasteiger partial charge >= 0.3 is 5.91 Å². The SMILES string of the molecule is CC(C)c1ccc2c(c1)CCC1C(C)(C(N)=O)CCCC21C.Cl.NC(N)=NC(=O)c1nc(Cl)c(N)nc1N. The zero-order chi connectivity index (χ0) is 27.7. The molecule has 0 saturated heterocycles. The highest BCUT2D eigenvalue weighted by Gasteiger charge is 2.54. The van der Waals surface area contributed by atoms with Gasteiger partial charge in [0, 0.05) is 5.41 Å². The molecule has 1 aromatic heterocycles. The molecule has 38 heavy (non-hydrogen) atoms. The molecular formula is C26H38Cl2N8O2. The van der Waals surface area contributed by atoms with Crippen LogP contribution in [0.4, 0.5) is 11.6 Å². The highest BCUT2D eigenvalue weighted by atomic mass is 35.5. The lowest BCUT2D eigenvalue weighted by molar-refractivity contribution is -0.135. The van der Waals surface area contributed by atoms with Crippen molar-refractivity contribution in [3.05, 3.63) is 45.7 Å². The normalized spacial score (nSPS) is 23.6. The number of nitrogens with two attached hydrogens (primary N) is 5. The second-order valence-electron chi connectivity index (χ2n) is 10.7. The van der Waals surface area contributed by atoms with Gasteiger partial charge in [-0.3, -0.25) is 9.59 Å². The lowest BCUT2D eigenvalue weighted by atomic mass is 9.49. The molecular weight excluding hydrogens is 527 g/mol. The third kappa shape index (κ3) is 5.96. The van der Waals surface area contributed by atoms with Crippen LogP contribution in [0, 0.1) is 11.3 Å². The Morgan fingerprint density at radius 1 is 1.08 bits per heavy atom. The van der Waals surface area contributed by atoms with Crippen LogP contribution in [0.1, 0.15) is 86.5 Å². The standard InChI is InChI=1S/C20H29NO.C6H8ClN7O.ClH/c1-13(2)14-6-8-16-15(12-14)7-9-17-19(16,3)10-5-11-20(17,4)18(21)22;7-2-4(9)13-3(8)1(12-2)5(15)14-6(10)11;/h6,8,12-13,17H,5,7,9-11H2,1-4H3,(H2,21,22);(H4,8,9,13)(H4,10,11,14,15);1H. The Balaban J connectivity index is 0.000000280. The first-order valence-corrected chi connectivity index (χ1v) is 12.7. The van der Waals surface area contributed by atoms with Crippen molar-refractivity contribution >= 4 is 53.4 Å². The van der Waals surface area contributed by atoms with Gasteiger partial charge in [-0.2, -0.15) is 4.99 Å². The van der Waals surface area contributed by atoms with Crippen LogP contribution in [0.5, 0.6) is 0 Å². The van der Waals surface area contributed by atoms with Crippen molar-refractivity contribution in [1.29, 1.82) is 0 Å². The number of aromatic nitrogens is 2. The number of nitrogen functional groups attached to an aromatic ring is 2. The lowest BCUT2D eigenvalue weighted by Gasteiger charge is -2.54. The van der Waals surface area contributed by atoms with Crippen LogP contribution in [0.3, 0.4) is 0 Å². The molecule has 3 atom stereocenters. The number of carbonyl (C=O) groups excluding carboxylic acids is 2. The average molecular weight is 566 g/mol. The number of nitrogens with zero attached hydrogens (tertiary/aromatic N) is 3. The Hall–Kier alpha value is -3.11. The third-order valence-corrected chi connectivity index (χ3v) is 8.22. The second-order valence-corrected chi connectivity index (χ2v) is 11.0. The van der Waals surface area contributed by atoms with Gasteiger partial charge in [0.25, 0.3) is 0 Å². The largest absolute Gasteiger partial charge is 0.382 e. The molecule has 3 unspecified atom stereocenters. The molecule has 2 aromatic rings. The molecule has 0 bridgehead atoms. The number of carbonyl (C=O) groups is 2. The molecule has 1 aromatic carbocycles. The average Bonchev–Trinajstić information content (AvgIpc) is 2.80. The molecule has 0 radical (unpaired) electrons. The first-order valence-electron chi connectivity index (χ1n) is 12.4. The van der Waals surface area contributed by atoms with Gasteiger partial charge in [0.15, 0.2) is 28.4 Å². The van der Waals surface area contributed by atoms with Crippen molar-refractivity contribution in [2.75, 3.05) is 11.5 Å². The fourth-order valence-corrected chi connectivity index (χ4v) is 6.06. The molecule has 10 nitrogen and oxygen atoms in total. The van der Waals surface area contributed by atoms with Gasteiger partial charge in [-0.05, 0) is 59.6 Å². The van der Waals surface area contributed by atoms with E-state index in [1.165, 1.54) is 23.1 Å². The van der Waals surface area contributed by atoms with Crippen LogP contribution in [-0.4, -0.2) is 27.7 Å². The van der Waals surface area contributed by atoms with Gasteiger partial charge in [0.05, 0.1) is 0 Å². The Labute approximate surface area is 234 Å². The summed E-state index contributed by atoms with van der Waals surface area (Å²) in [6, 6.07) is 7.02. The van der Waals surface area contributed by atoms with Crippen molar-refractivity contribution in [3.8, 4) is 0 Å². The molecule has 0 aliphatic heterocycles. The van der Waals surface area contributed by atoms with Crippen LogP contribution in [-0.2, 0) is 16.6 Å². The van der Waals surface area contributed by atoms with E-state index in [1.54, 1.807) is 0 Å². The summed E-state index contributed by atoms with van der Waals surface area (Å²) in [7, 11) is 0. The highest BCUT2D eigenvalue weighted by Crippen LogP contribution is 2.57. The van der Waals surface area contributed by atoms with E-state index in [1.807, 2.05) is 0 Å². The van der Waals surface area contributed by atoms with Crippen molar-refractivity contribution < 1.29 is 9.59 Å². The number of fused-ring (bicyclic) bond motifs is 3. The number of guanidine groups is 1. The highest BCUT2D eigenvalue weighted by molar-refractivity contribution is 6.31. The minimum Gasteiger partial charge on any atom is -0.382 e. The molecule has 2 aliphatic carbocycles. The maximum absolute atomic E-state index is 12.2. The Bertz CT molecular complexity index is 1250. The number of halogens is 2. The predicted octanol–water partition coefficient (Wildman–Crippen LogP) is 3.44. The molecule has 1 fully saturated rings. The summed E-state index contributed by atoms with van der Waals surface area (Å²) in [5.74, 6) is -0.661. The quantitative estimate of drug-likeness (QED) is 0.275. The maximum Gasteiger partial charge on any atom is 0.302 e. The molecule has 12 heteroatoms. The van der Waals surface area contributed by atoms with Crippen molar-refractivity contribution in [1.82, 2.24) is 9.97 Å². The van der Waals surface area contributed by atoms with E-state index in [2.05, 4.69) is 60.9 Å². The number of rotatable bonds is 3. The smallest absolute Gasteiger partial charge is 0.302 e. The van der Waals surface area contributed by atoms with Crippen molar-refractivity contribution in [2.24, 2.45) is 33.5 Å². The van der Waals surface area contributed by atoms with E-state index in [9.17, 15) is 9.59 Å². The molecule has 0 spiro atoms. The van der Waals surface area contributed by atoms with Gasteiger partial charge in [-0.15, -0.1) is 12.4 Å². The van der Waals surface area contributed by atoms with E-state index < -0.39 is 11.9 Å². The minimum atomic E-state index is -0.832. The molecule has 2 aliphatic rings. The van der Waals surface area contributed by atoms with Crippen molar-refractivity contribution in [3.63, 3.8) is 0 Å². The predicted molar refractivity (Wildman–Crippen MR) is 154 cm³/mol. The number of primary amides is 1. The van der Waals surface area contributed by atoms with E-state index in [0.717, 1.165) is 25.7 Å². The first-order chi connectivity index (χ1) is 17.2. The maximum atomic E-state index is 12.2. The van der Waals surface area contributed by atoms with Gasteiger partial charge < -0.3 is 28.7 Å². The fraction of sp³-hybridized carbons (Fsp3) is 0.500. The van der Waals surface area contributed by atoms with E-state index in [4.69, 9.17) is 40.3 Å². The van der Waals surface area contributed by atoms with Gasteiger partial charge in [0.1, 0.15) is 0 Å². The van der Waals surface area contributed by atoms with E-state index in [0.29, 0.717) is 11.8 Å². The molecule has 1 saturated carbocycles. The summed E-state index contributed by atoms with van der Waals surface area (Å²) in [5.41, 5.74) is 30.4. The molecule has 10 N–H and O–H groups in total. The van der Waals surface area contributed by atoms with Crippen LogP contribution >= 0.6 is 24.0 Å². The third-order valence-electron chi connectivity index (χ3n) is 7.94. The summed E-state index contributed by atoms with van der Waals surface area (Å²) in [6.45, 7) is 8.97.